The third-order valence-corrected chi connectivity index (χ3v) is 3.71. The molecule has 100 valence electrons. The smallest absolute Gasteiger partial charge is 0.0713 e. The number of methoxy groups -OCH3 is 1. The normalized spacial score (nSPS) is 21.1. The highest BCUT2D eigenvalue weighted by molar-refractivity contribution is 5.23. The van der Waals surface area contributed by atoms with Gasteiger partial charge in [0.25, 0.3) is 0 Å². The van der Waals surface area contributed by atoms with E-state index >= 15 is 0 Å². The van der Waals surface area contributed by atoms with Gasteiger partial charge in [-0.15, -0.1) is 0 Å². The van der Waals surface area contributed by atoms with Gasteiger partial charge in [-0.05, 0) is 30.5 Å². The number of nitrogens with two attached hydrogens (primary N) is 1. The van der Waals surface area contributed by atoms with E-state index in [2.05, 4.69) is 29.2 Å². The molecule has 1 aliphatic rings. The maximum absolute atomic E-state index is 5.86. The molecular weight excluding hydrogens is 224 g/mol. The van der Waals surface area contributed by atoms with Gasteiger partial charge in [-0.25, -0.2) is 0 Å². The first-order valence-electron chi connectivity index (χ1n) is 6.84. The van der Waals surface area contributed by atoms with E-state index in [1.165, 1.54) is 36.9 Å². The van der Waals surface area contributed by atoms with E-state index in [1.54, 1.807) is 7.11 Å². The van der Waals surface area contributed by atoms with Gasteiger partial charge < -0.3 is 10.5 Å². The molecule has 18 heavy (non-hydrogen) atoms. The van der Waals surface area contributed by atoms with Gasteiger partial charge in [0.15, 0.2) is 0 Å². The summed E-state index contributed by atoms with van der Waals surface area (Å²) >= 11 is 0. The topological polar surface area (TPSA) is 38.5 Å². The molecule has 0 radical (unpaired) electrons. The van der Waals surface area contributed by atoms with Gasteiger partial charge in [-0.2, -0.15) is 0 Å². The highest BCUT2D eigenvalue weighted by atomic mass is 16.5. The fraction of sp³-hybridized carbons (Fsp3) is 0.600. The molecule has 1 saturated heterocycles. The molecule has 2 rings (SSSR count). The number of nitrogens with zero attached hydrogens (tertiary/aromatic N) is 1. The second-order valence-electron chi connectivity index (χ2n) is 5.11. The summed E-state index contributed by atoms with van der Waals surface area (Å²) in [6.45, 7) is 3.65. The van der Waals surface area contributed by atoms with Crippen molar-refractivity contribution in [1.29, 1.82) is 0 Å². The van der Waals surface area contributed by atoms with Crippen LogP contribution in [0, 0.1) is 0 Å². The van der Waals surface area contributed by atoms with Crippen molar-refractivity contribution >= 4 is 0 Å². The first-order chi connectivity index (χ1) is 8.83. The summed E-state index contributed by atoms with van der Waals surface area (Å²) in [5.41, 5.74) is 8.48. The molecule has 2 N–H and O–H groups in total. The summed E-state index contributed by atoms with van der Waals surface area (Å²) in [6.07, 6.45) is 3.87. The molecule has 1 heterocycles. The zero-order valence-corrected chi connectivity index (χ0v) is 11.3. The Bertz CT molecular complexity index is 367. The van der Waals surface area contributed by atoms with E-state index in [9.17, 15) is 0 Å². The first-order valence-corrected chi connectivity index (χ1v) is 6.84. The van der Waals surface area contributed by atoms with Gasteiger partial charge in [0, 0.05) is 26.2 Å². The molecule has 1 atom stereocenters. The molecule has 0 aliphatic carbocycles. The summed E-state index contributed by atoms with van der Waals surface area (Å²) in [5.74, 6) is 0. The minimum Gasteiger partial charge on any atom is -0.380 e. The molecule has 0 bridgehead atoms. The van der Waals surface area contributed by atoms with Crippen molar-refractivity contribution in [1.82, 2.24) is 4.90 Å². The number of rotatable bonds is 5. The lowest BCUT2D eigenvalue weighted by Gasteiger charge is -2.35. The van der Waals surface area contributed by atoms with E-state index < -0.39 is 0 Å². The highest BCUT2D eigenvalue weighted by Gasteiger charge is 2.20. The van der Waals surface area contributed by atoms with Crippen LogP contribution < -0.4 is 5.73 Å². The quantitative estimate of drug-likeness (QED) is 0.867. The van der Waals surface area contributed by atoms with Crippen LogP contribution >= 0.6 is 0 Å². The average Bonchev–Trinajstić information content (AvgIpc) is 2.40. The molecule has 0 aromatic heterocycles. The molecule has 1 aromatic carbocycles. The maximum Gasteiger partial charge on any atom is 0.0713 e. The molecule has 1 unspecified atom stereocenters. The van der Waals surface area contributed by atoms with Crippen LogP contribution in [0.15, 0.2) is 24.3 Å². The minimum atomic E-state index is 0.560. The molecule has 0 saturated carbocycles. The van der Waals surface area contributed by atoms with Crippen molar-refractivity contribution in [3.05, 3.63) is 35.4 Å². The van der Waals surface area contributed by atoms with Crippen molar-refractivity contribution in [3.63, 3.8) is 0 Å². The first kappa shape index (κ1) is 13.5. The third-order valence-electron chi connectivity index (χ3n) is 3.71. The largest absolute Gasteiger partial charge is 0.380 e. The number of hydrogen-bond acceptors (Lipinski definition) is 3. The van der Waals surface area contributed by atoms with Gasteiger partial charge in [0.1, 0.15) is 0 Å². The molecular formula is C15H24N2O. The number of benzene rings is 1. The SMILES string of the molecule is COCc1cccc(CN2CCCCC2CN)c1. The summed E-state index contributed by atoms with van der Waals surface area (Å²) in [5, 5.41) is 0. The lowest BCUT2D eigenvalue weighted by atomic mass is 10.0. The monoisotopic (exact) mass is 248 g/mol. The highest BCUT2D eigenvalue weighted by Crippen LogP contribution is 2.19. The van der Waals surface area contributed by atoms with Crippen molar-refractivity contribution in [2.75, 3.05) is 20.2 Å². The van der Waals surface area contributed by atoms with Gasteiger partial charge >= 0.3 is 0 Å². The Labute approximate surface area is 110 Å². The average molecular weight is 248 g/mol. The third kappa shape index (κ3) is 3.55. The van der Waals surface area contributed by atoms with Crippen molar-refractivity contribution in [2.45, 2.75) is 38.5 Å². The lowest BCUT2D eigenvalue weighted by molar-refractivity contribution is 0.144. The lowest BCUT2D eigenvalue weighted by Crippen LogP contribution is -2.43. The fourth-order valence-corrected chi connectivity index (χ4v) is 2.75. The predicted molar refractivity (Wildman–Crippen MR) is 74.3 cm³/mol. The van der Waals surface area contributed by atoms with Crippen LogP contribution in [0.2, 0.25) is 0 Å². The number of piperidine rings is 1. The predicted octanol–water partition coefficient (Wildman–Crippen LogP) is 2.15. The zero-order valence-electron chi connectivity index (χ0n) is 11.3. The van der Waals surface area contributed by atoms with Gasteiger partial charge in [0.2, 0.25) is 0 Å². The van der Waals surface area contributed by atoms with E-state index in [0.29, 0.717) is 12.6 Å². The van der Waals surface area contributed by atoms with Crippen molar-refractivity contribution < 1.29 is 4.74 Å². The van der Waals surface area contributed by atoms with E-state index in [1.807, 2.05) is 0 Å². The molecule has 0 amide bonds. The van der Waals surface area contributed by atoms with Crippen LogP contribution in [-0.2, 0) is 17.9 Å². The van der Waals surface area contributed by atoms with Crippen LogP contribution in [-0.4, -0.2) is 31.1 Å². The Hall–Kier alpha value is -0.900. The number of ether oxygens (including phenoxy) is 1. The second-order valence-corrected chi connectivity index (χ2v) is 5.11. The van der Waals surface area contributed by atoms with Crippen LogP contribution in [0.3, 0.4) is 0 Å². The fourth-order valence-electron chi connectivity index (χ4n) is 2.75. The Morgan fingerprint density at radius 1 is 1.33 bits per heavy atom. The summed E-state index contributed by atoms with van der Waals surface area (Å²) in [4.78, 5) is 2.52. The Morgan fingerprint density at radius 3 is 2.94 bits per heavy atom. The molecule has 1 fully saturated rings. The maximum atomic E-state index is 5.86. The summed E-state index contributed by atoms with van der Waals surface area (Å²) in [7, 11) is 1.74. The summed E-state index contributed by atoms with van der Waals surface area (Å²) < 4.78 is 5.18. The second kappa shape index (κ2) is 6.88. The van der Waals surface area contributed by atoms with Crippen LogP contribution in [0.25, 0.3) is 0 Å². The molecule has 3 heteroatoms. The van der Waals surface area contributed by atoms with E-state index in [0.717, 1.165) is 13.1 Å². The van der Waals surface area contributed by atoms with Crippen LogP contribution in [0.4, 0.5) is 0 Å². The molecule has 3 nitrogen and oxygen atoms in total. The molecule has 1 aromatic rings. The van der Waals surface area contributed by atoms with Gasteiger partial charge in [0.05, 0.1) is 6.61 Å². The van der Waals surface area contributed by atoms with Gasteiger partial charge in [-0.1, -0.05) is 30.7 Å². The summed E-state index contributed by atoms with van der Waals surface area (Å²) in [6, 6.07) is 9.23. The molecule has 0 spiro atoms. The van der Waals surface area contributed by atoms with Crippen molar-refractivity contribution in [2.24, 2.45) is 5.73 Å². The Kier molecular flexibility index (Phi) is 5.17. The molecule has 1 aliphatic heterocycles. The van der Waals surface area contributed by atoms with Gasteiger partial charge in [-0.3, -0.25) is 4.90 Å². The Morgan fingerprint density at radius 2 is 2.17 bits per heavy atom. The van der Waals surface area contributed by atoms with E-state index in [-0.39, 0.29) is 0 Å². The number of likely N-dealkylation sites (tertiary alicyclic amines) is 1. The zero-order chi connectivity index (χ0) is 12.8. The van der Waals surface area contributed by atoms with Crippen molar-refractivity contribution in [3.8, 4) is 0 Å². The Balaban J connectivity index is 2.00. The minimum absolute atomic E-state index is 0.560. The number of hydrogen-bond donors (Lipinski definition) is 1. The standard InChI is InChI=1S/C15H24N2O/c1-18-12-14-6-4-5-13(9-14)11-17-8-3-2-7-15(17)10-16/h4-6,9,15H,2-3,7-8,10-12,16H2,1H3. The van der Waals surface area contributed by atoms with Crippen LogP contribution in [0.5, 0.6) is 0 Å². The van der Waals surface area contributed by atoms with E-state index in [4.69, 9.17) is 10.5 Å². The van der Waals surface area contributed by atoms with Crippen LogP contribution in [0.1, 0.15) is 30.4 Å².